The highest BCUT2D eigenvalue weighted by molar-refractivity contribution is 6.74. The van der Waals surface area contributed by atoms with Crippen molar-refractivity contribution in [3.05, 3.63) is 29.8 Å². The molecule has 1 aliphatic heterocycles. The molecule has 0 unspecified atom stereocenters. The Labute approximate surface area is 204 Å². The second-order valence-electron chi connectivity index (χ2n) is 10.3. The summed E-state index contributed by atoms with van der Waals surface area (Å²) in [5.41, 5.74) is 0.964. The summed E-state index contributed by atoms with van der Waals surface area (Å²) >= 11 is 0. The van der Waals surface area contributed by atoms with E-state index in [-0.39, 0.29) is 17.6 Å². The minimum atomic E-state index is -2.29. The van der Waals surface area contributed by atoms with Gasteiger partial charge in [0, 0.05) is 19.8 Å². The molecule has 0 aromatic heterocycles. The van der Waals surface area contributed by atoms with Crippen molar-refractivity contribution < 1.29 is 37.7 Å². The first-order valence-corrected chi connectivity index (χ1v) is 14.5. The monoisotopic (exact) mass is 496 g/mol. The molecular formula is C25H40O8Si. The first-order chi connectivity index (χ1) is 15.7. The van der Waals surface area contributed by atoms with Gasteiger partial charge >= 0.3 is 11.9 Å². The molecule has 192 valence electrons. The van der Waals surface area contributed by atoms with Gasteiger partial charge in [0.05, 0.1) is 19.8 Å². The van der Waals surface area contributed by atoms with Crippen LogP contribution in [-0.2, 0) is 39.6 Å². The molecule has 1 aromatic rings. The fourth-order valence-electron chi connectivity index (χ4n) is 3.49. The van der Waals surface area contributed by atoms with Crippen LogP contribution in [0.2, 0.25) is 18.1 Å². The molecule has 0 N–H and O–H groups in total. The van der Waals surface area contributed by atoms with E-state index in [1.165, 1.54) is 13.8 Å². The van der Waals surface area contributed by atoms with E-state index in [0.29, 0.717) is 6.61 Å². The zero-order valence-corrected chi connectivity index (χ0v) is 22.9. The van der Waals surface area contributed by atoms with Crippen molar-refractivity contribution in [2.45, 2.75) is 90.9 Å². The fraction of sp³-hybridized carbons (Fsp3) is 0.680. The van der Waals surface area contributed by atoms with E-state index >= 15 is 0 Å². The summed E-state index contributed by atoms with van der Waals surface area (Å²) in [6, 6.07) is 7.63. The Balaban J connectivity index is 2.36. The number of methoxy groups -OCH3 is 1. The van der Waals surface area contributed by atoms with Gasteiger partial charge in [-0.25, -0.2) is 0 Å². The van der Waals surface area contributed by atoms with Crippen LogP contribution < -0.4 is 4.74 Å². The number of carbonyl (C=O) groups excluding carboxylic acids is 2. The molecule has 1 heterocycles. The maximum atomic E-state index is 11.9. The van der Waals surface area contributed by atoms with Gasteiger partial charge in [-0.3, -0.25) is 9.59 Å². The van der Waals surface area contributed by atoms with Crippen LogP contribution >= 0.6 is 0 Å². The predicted molar refractivity (Wildman–Crippen MR) is 130 cm³/mol. The molecule has 0 radical (unpaired) electrons. The molecule has 2 rings (SSSR count). The summed E-state index contributed by atoms with van der Waals surface area (Å²) in [4.78, 5) is 23.4. The van der Waals surface area contributed by atoms with Gasteiger partial charge in [-0.2, -0.15) is 0 Å². The second-order valence-corrected chi connectivity index (χ2v) is 15.0. The van der Waals surface area contributed by atoms with Crippen LogP contribution in [0, 0.1) is 5.92 Å². The van der Waals surface area contributed by atoms with Gasteiger partial charge in [0.2, 0.25) is 6.29 Å². The smallest absolute Gasteiger partial charge is 0.305 e. The molecular weight excluding hydrogens is 456 g/mol. The van der Waals surface area contributed by atoms with E-state index in [1.807, 2.05) is 31.2 Å². The van der Waals surface area contributed by atoms with Crippen LogP contribution in [-0.4, -0.2) is 58.6 Å². The highest BCUT2D eigenvalue weighted by atomic mass is 28.4. The Morgan fingerprint density at radius 1 is 1.03 bits per heavy atom. The zero-order chi connectivity index (χ0) is 25.7. The van der Waals surface area contributed by atoms with E-state index in [1.54, 1.807) is 7.11 Å². The van der Waals surface area contributed by atoms with E-state index in [0.717, 1.165) is 11.3 Å². The summed E-state index contributed by atoms with van der Waals surface area (Å²) in [6.45, 7) is 15.7. The topological polar surface area (TPSA) is 89.5 Å². The minimum absolute atomic E-state index is 0.0312. The first kappa shape index (κ1) is 28.3. The summed E-state index contributed by atoms with van der Waals surface area (Å²) in [7, 11) is -0.667. The molecule has 0 bridgehead atoms. The van der Waals surface area contributed by atoms with Gasteiger partial charge in [-0.05, 0) is 35.8 Å². The first-order valence-electron chi connectivity index (χ1n) is 11.6. The van der Waals surface area contributed by atoms with Crippen molar-refractivity contribution in [1.82, 2.24) is 0 Å². The Bertz CT molecular complexity index is 817. The van der Waals surface area contributed by atoms with Crippen LogP contribution in [0.1, 0.15) is 47.1 Å². The highest BCUT2D eigenvalue weighted by Gasteiger charge is 2.51. The van der Waals surface area contributed by atoms with Crippen molar-refractivity contribution in [2.24, 2.45) is 5.92 Å². The van der Waals surface area contributed by atoms with Crippen molar-refractivity contribution >= 4 is 20.3 Å². The highest BCUT2D eigenvalue weighted by Crippen LogP contribution is 2.41. The van der Waals surface area contributed by atoms with E-state index in [9.17, 15) is 9.59 Å². The summed E-state index contributed by atoms with van der Waals surface area (Å²) < 4.78 is 35.3. The number of benzene rings is 1. The lowest BCUT2D eigenvalue weighted by Crippen LogP contribution is -2.61. The van der Waals surface area contributed by atoms with Crippen LogP contribution in [0.5, 0.6) is 5.75 Å². The SMILES string of the molecule is COc1ccc(CO[C@@H]2[C@@H](C)[C@H](COC(C)=O)O[C@@H](OC(C)=O)[C@H]2O[Si](C)(C)C(C)(C)C)cc1. The average molecular weight is 497 g/mol. The number of hydrogen-bond acceptors (Lipinski definition) is 8. The van der Waals surface area contributed by atoms with E-state index < -0.39 is 44.9 Å². The van der Waals surface area contributed by atoms with Crippen molar-refractivity contribution in [3.8, 4) is 5.75 Å². The van der Waals surface area contributed by atoms with Crippen LogP contribution in [0.3, 0.4) is 0 Å². The molecule has 0 saturated carbocycles. The van der Waals surface area contributed by atoms with Gasteiger partial charge in [-0.15, -0.1) is 0 Å². The lowest BCUT2D eigenvalue weighted by Gasteiger charge is -2.48. The molecule has 0 amide bonds. The van der Waals surface area contributed by atoms with Crippen LogP contribution in [0.4, 0.5) is 0 Å². The maximum absolute atomic E-state index is 11.9. The van der Waals surface area contributed by atoms with Gasteiger partial charge in [0.15, 0.2) is 8.32 Å². The third-order valence-electron chi connectivity index (χ3n) is 6.58. The summed E-state index contributed by atoms with van der Waals surface area (Å²) in [5, 5.41) is -0.0772. The van der Waals surface area contributed by atoms with Gasteiger partial charge in [0.25, 0.3) is 0 Å². The molecule has 8 nitrogen and oxygen atoms in total. The molecule has 1 fully saturated rings. The Hall–Kier alpha value is -1.94. The van der Waals surface area contributed by atoms with E-state index in [4.69, 9.17) is 28.1 Å². The van der Waals surface area contributed by atoms with Crippen molar-refractivity contribution in [2.75, 3.05) is 13.7 Å². The molecule has 1 saturated heterocycles. The summed E-state index contributed by atoms with van der Waals surface area (Å²) in [6.07, 6.45) is -2.60. The molecule has 0 aliphatic carbocycles. The quantitative estimate of drug-likeness (QED) is 0.366. The largest absolute Gasteiger partial charge is 0.497 e. The predicted octanol–water partition coefficient (Wildman–Crippen LogP) is 4.46. The number of ether oxygens (including phenoxy) is 5. The molecule has 1 aliphatic rings. The normalized spacial score (nSPS) is 25.5. The number of hydrogen-bond donors (Lipinski definition) is 0. The lowest BCUT2D eigenvalue weighted by molar-refractivity contribution is -0.284. The Kier molecular flexibility index (Phi) is 9.70. The third-order valence-corrected chi connectivity index (χ3v) is 11.1. The zero-order valence-electron chi connectivity index (χ0n) is 21.9. The van der Waals surface area contributed by atoms with Gasteiger partial charge in [0.1, 0.15) is 24.6 Å². The lowest BCUT2D eigenvalue weighted by atomic mass is 9.90. The van der Waals surface area contributed by atoms with E-state index in [2.05, 4.69) is 33.9 Å². The third kappa shape index (κ3) is 7.53. The minimum Gasteiger partial charge on any atom is -0.497 e. The molecule has 9 heteroatoms. The number of carbonyl (C=O) groups is 2. The van der Waals surface area contributed by atoms with Crippen LogP contribution in [0.15, 0.2) is 24.3 Å². The van der Waals surface area contributed by atoms with Gasteiger partial charge < -0.3 is 28.1 Å². The van der Waals surface area contributed by atoms with Gasteiger partial charge in [-0.1, -0.05) is 39.8 Å². The summed E-state index contributed by atoms with van der Waals surface area (Å²) in [5.74, 6) is -0.323. The van der Waals surface area contributed by atoms with Crippen LogP contribution in [0.25, 0.3) is 0 Å². The number of rotatable bonds is 9. The van der Waals surface area contributed by atoms with Crippen molar-refractivity contribution in [3.63, 3.8) is 0 Å². The molecule has 34 heavy (non-hydrogen) atoms. The standard InChI is InChI=1S/C25H40O8Si/c1-16-21(15-29-17(2)26)32-24(31-18(3)27)23(33-34(8,9)25(4,5)6)22(16)30-14-19-10-12-20(28-7)13-11-19/h10-13,16,21-24H,14-15H2,1-9H3/t16-,21-,22+,23-,24+/m0/s1. The maximum Gasteiger partial charge on any atom is 0.305 e. The average Bonchev–Trinajstić information content (AvgIpc) is 2.73. The molecule has 0 spiro atoms. The Morgan fingerprint density at radius 2 is 1.65 bits per heavy atom. The Morgan fingerprint density at radius 3 is 2.15 bits per heavy atom. The van der Waals surface area contributed by atoms with Crippen molar-refractivity contribution in [1.29, 1.82) is 0 Å². The second kappa shape index (κ2) is 11.7. The fourth-order valence-corrected chi connectivity index (χ4v) is 4.77. The molecule has 5 atom stereocenters. The number of esters is 2. The molecule has 1 aromatic carbocycles.